The van der Waals surface area contributed by atoms with Gasteiger partial charge in [0.1, 0.15) is 5.69 Å². The Balaban J connectivity index is 0. The number of hydrogen-bond acceptors (Lipinski definition) is 3. The molecule has 7 heteroatoms. The van der Waals surface area contributed by atoms with Gasteiger partial charge in [-0.3, -0.25) is 4.79 Å². The zero-order valence-corrected chi connectivity index (χ0v) is 14.2. The molecular weight excluding hydrogens is 353 g/mol. The first-order valence-electron chi connectivity index (χ1n) is 5.71. The minimum atomic E-state index is -0.328. The van der Waals surface area contributed by atoms with Gasteiger partial charge in [-0.25, -0.2) is 4.98 Å². The number of hydrogen-bond donors (Lipinski definition) is 2. The Labute approximate surface area is 134 Å². The fourth-order valence-corrected chi connectivity index (χ4v) is 1.82. The first-order chi connectivity index (χ1) is 8.06. The molecule has 0 spiro atoms. The van der Waals surface area contributed by atoms with Crippen LogP contribution >= 0.6 is 40.7 Å². The van der Waals surface area contributed by atoms with Crippen LogP contribution in [0.5, 0.6) is 0 Å². The van der Waals surface area contributed by atoms with Gasteiger partial charge in [-0.15, -0.1) is 24.8 Å². The zero-order chi connectivity index (χ0) is 12.9. The Bertz CT molecular complexity index is 375. The summed E-state index contributed by atoms with van der Waals surface area (Å²) in [5.41, 5.74) is 5.82. The highest BCUT2D eigenvalue weighted by Crippen LogP contribution is 2.14. The third-order valence-electron chi connectivity index (χ3n) is 3.08. The van der Waals surface area contributed by atoms with Gasteiger partial charge in [0.15, 0.2) is 0 Å². The topological polar surface area (TPSA) is 68.0 Å². The van der Waals surface area contributed by atoms with Crippen molar-refractivity contribution in [1.82, 2.24) is 10.3 Å². The van der Waals surface area contributed by atoms with Crippen molar-refractivity contribution in [3.63, 3.8) is 0 Å². The number of halogens is 3. The molecule has 19 heavy (non-hydrogen) atoms. The maximum Gasteiger partial charge on any atom is 0.270 e. The summed E-state index contributed by atoms with van der Waals surface area (Å²) in [7, 11) is 0. The predicted octanol–water partition coefficient (Wildman–Crippen LogP) is 2.94. The van der Waals surface area contributed by atoms with Crippen molar-refractivity contribution in [2.75, 3.05) is 6.54 Å². The van der Waals surface area contributed by atoms with Gasteiger partial charge in [-0.2, -0.15) is 0 Å². The molecule has 1 amide bonds. The van der Waals surface area contributed by atoms with Gasteiger partial charge in [0.05, 0.1) is 5.54 Å². The molecule has 0 bridgehead atoms. The van der Waals surface area contributed by atoms with Crippen molar-refractivity contribution >= 4 is 46.7 Å². The number of carbonyl (C=O) groups excluding carboxylic acids is 1. The first kappa shape index (κ1) is 20.9. The minimum Gasteiger partial charge on any atom is -0.344 e. The monoisotopic (exact) mass is 371 g/mol. The second-order valence-corrected chi connectivity index (χ2v) is 4.92. The summed E-state index contributed by atoms with van der Waals surface area (Å²) in [6.45, 7) is 4.47. The second-order valence-electron chi connectivity index (χ2n) is 4.01. The van der Waals surface area contributed by atoms with Crippen molar-refractivity contribution in [2.24, 2.45) is 5.73 Å². The van der Waals surface area contributed by atoms with Crippen LogP contribution in [0.25, 0.3) is 0 Å². The van der Waals surface area contributed by atoms with E-state index in [0.29, 0.717) is 12.2 Å². The molecule has 0 saturated heterocycles. The van der Waals surface area contributed by atoms with Gasteiger partial charge in [0, 0.05) is 17.2 Å². The molecule has 1 heterocycles. The molecule has 1 aromatic heterocycles. The maximum atomic E-state index is 12.0. The molecule has 0 aliphatic heterocycles. The zero-order valence-electron chi connectivity index (χ0n) is 11.0. The number of nitrogens with two attached hydrogens (primary N) is 1. The van der Waals surface area contributed by atoms with Gasteiger partial charge in [0.25, 0.3) is 5.91 Å². The van der Waals surface area contributed by atoms with Crippen LogP contribution in [0, 0.1) is 0 Å². The first-order valence-corrected chi connectivity index (χ1v) is 6.50. The average Bonchev–Trinajstić information content (AvgIpc) is 2.37. The van der Waals surface area contributed by atoms with Crippen LogP contribution in [0.4, 0.5) is 0 Å². The average molecular weight is 373 g/mol. The van der Waals surface area contributed by atoms with Crippen LogP contribution in [-0.2, 0) is 0 Å². The van der Waals surface area contributed by atoms with Crippen LogP contribution in [0.1, 0.15) is 37.2 Å². The van der Waals surface area contributed by atoms with Gasteiger partial charge in [-0.05, 0) is 40.9 Å². The van der Waals surface area contributed by atoms with E-state index in [1.54, 1.807) is 18.3 Å². The van der Waals surface area contributed by atoms with Gasteiger partial charge in [-0.1, -0.05) is 13.8 Å². The molecule has 0 aromatic carbocycles. The SMILES string of the molecule is CCC(CC)(CN)NC(=O)c1ccc(Br)cn1.Cl.Cl. The Morgan fingerprint density at radius 2 is 1.95 bits per heavy atom. The molecular formula is C12H20BrCl2N3O. The predicted molar refractivity (Wildman–Crippen MR) is 86.3 cm³/mol. The highest BCUT2D eigenvalue weighted by atomic mass is 79.9. The number of pyridine rings is 1. The summed E-state index contributed by atoms with van der Waals surface area (Å²) in [5, 5.41) is 2.97. The quantitative estimate of drug-likeness (QED) is 0.834. The van der Waals surface area contributed by atoms with E-state index in [9.17, 15) is 4.79 Å². The number of nitrogens with one attached hydrogen (secondary N) is 1. The Morgan fingerprint density at radius 3 is 2.32 bits per heavy atom. The molecule has 1 rings (SSSR count). The van der Waals surface area contributed by atoms with E-state index < -0.39 is 0 Å². The molecule has 0 aliphatic carbocycles. The molecule has 0 saturated carbocycles. The summed E-state index contributed by atoms with van der Waals surface area (Å²) < 4.78 is 0.852. The Kier molecular flexibility index (Phi) is 10.5. The third kappa shape index (κ3) is 5.65. The summed E-state index contributed by atoms with van der Waals surface area (Å²) in [6.07, 6.45) is 3.22. The van der Waals surface area contributed by atoms with Crippen molar-refractivity contribution in [3.05, 3.63) is 28.5 Å². The van der Waals surface area contributed by atoms with Crippen molar-refractivity contribution < 1.29 is 4.79 Å². The van der Waals surface area contributed by atoms with E-state index in [-0.39, 0.29) is 36.3 Å². The molecule has 110 valence electrons. The molecule has 0 atom stereocenters. The standard InChI is InChI=1S/C12H18BrN3O.2ClH/c1-3-12(4-2,8-14)16-11(17)10-6-5-9(13)7-15-10;;/h5-7H,3-4,8,14H2,1-2H3,(H,16,17);2*1H. The van der Waals surface area contributed by atoms with E-state index in [1.807, 2.05) is 13.8 Å². The van der Waals surface area contributed by atoms with Gasteiger partial charge >= 0.3 is 0 Å². The lowest BCUT2D eigenvalue weighted by Gasteiger charge is -2.31. The van der Waals surface area contributed by atoms with E-state index in [4.69, 9.17) is 5.73 Å². The fraction of sp³-hybridized carbons (Fsp3) is 0.500. The minimum absolute atomic E-state index is 0. The number of aromatic nitrogens is 1. The summed E-state index contributed by atoms with van der Waals surface area (Å²) in [6, 6.07) is 3.48. The third-order valence-corrected chi connectivity index (χ3v) is 3.55. The molecule has 0 radical (unpaired) electrons. The van der Waals surface area contributed by atoms with Gasteiger partial charge < -0.3 is 11.1 Å². The Hall–Kier alpha value is -0.360. The van der Waals surface area contributed by atoms with Crippen LogP contribution in [0.3, 0.4) is 0 Å². The summed E-state index contributed by atoms with van der Waals surface area (Å²) >= 11 is 3.28. The number of carbonyl (C=O) groups is 1. The Morgan fingerprint density at radius 1 is 1.37 bits per heavy atom. The fourth-order valence-electron chi connectivity index (χ4n) is 1.58. The lowest BCUT2D eigenvalue weighted by molar-refractivity contribution is 0.0890. The molecule has 3 N–H and O–H groups in total. The van der Waals surface area contributed by atoms with E-state index in [1.165, 1.54) is 0 Å². The molecule has 0 unspecified atom stereocenters. The van der Waals surface area contributed by atoms with Crippen molar-refractivity contribution in [2.45, 2.75) is 32.2 Å². The second kappa shape index (κ2) is 9.53. The summed E-state index contributed by atoms with van der Waals surface area (Å²) in [4.78, 5) is 16.1. The maximum absolute atomic E-state index is 12.0. The largest absolute Gasteiger partial charge is 0.344 e. The smallest absolute Gasteiger partial charge is 0.270 e. The lowest BCUT2D eigenvalue weighted by atomic mass is 9.93. The van der Waals surface area contributed by atoms with Crippen LogP contribution in [-0.4, -0.2) is 23.0 Å². The van der Waals surface area contributed by atoms with Gasteiger partial charge in [0.2, 0.25) is 0 Å². The van der Waals surface area contributed by atoms with E-state index in [2.05, 4.69) is 26.2 Å². The highest BCUT2D eigenvalue weighted by Gasteiger charge is 2.27. The van der Waals surface area contributed by atoms with E-state index in [0.717, 1.165) is 17.3 Å². The van der Waals surface area contributed by atoms with Crippen LogP contribution < -0.4 is 11.1 Å². The highest BCUT2D eigenvalue weighted by molar-refractivity contribution is 9.10. The van der Waals surface area contributed by atoms with Crippen molar-refractivity contribution in [3.8, 4) is 0 Å². The van der Waals surface area contributed by atoms with Crippen LogP contribution in [0.2, 0.25) is 0 Å². The molecule has 4 nitrogen and oxygen atoms in total. The molecule has 0 fully saturated rings. The van der Waals surface area contributed by atoms with E-state index >= 15 is 0 Å². The van der Waals surface area contributed by atoms with Crippen LogP contribution in [0.15, 0.2) is 22.8 Å². The normalized spacial score (nSPS) is 10.1. The summed E-state index contributed by atoms with van der Waals surface area (Å²) in [5.74, 6) is -0.174. The molecule has 0 aliphatic rings. The number of nitrogens with zero attached hydrogens (tertiary/aromatic N) is 1. The number of amides is 1. The number of rotatable bonds is 5. The lowest BCUT2D eigenvalue weighted by Crippen LogP contribution is -2.53. The van der Waals surface area contributed by atoms with Crippen molar-refractivity contribution in [1.29, 1.82) is 0 Å². The molecule has 1 aromatic rings.